The summed E-state index contributed by atoms with van der Waals surface area (Å²) in [6, 6.07) is 6.61. The molecule has 0 bridgehead atoms. The van der Waals surface area contributed by atoms with E-state index in [9.17, 15) is 9.59 Å². The van der Waals surface area contributed by atoms with Crippen molar-refractivity contribution in [1.29, 1.82) is 0 Å². The molecule has 0 fully saturated rings. The predicted octanol–water partition coefficient (Wildman–Crippen LogP) is 2.09. The number of hydrogen-bond acceptors (Lipinski definition) is 5. The Hall–Kier alpha value is -2.50. The van der Waals surface area contributed by atoms with Gasteiger partial charge in [0.2, 0.25) is 5.76 Å². The Labute approximate surface area is 122 Å². The Bertz CT molecular complexity index is 663. The average molecular weight is 290 g/mol. The van der Waals surface area contributed by atoms with Crippen molar-refractivity contribution < 1.29 is 18.7 Å². The van der Waals surface area contributed by atoms with E-state index in [1.165, 1.54) is 6.92 Å². The predicted molar refractivity (Wildman–Crippen MR) is 78.8 cm³/mol. The van der Waals surface area contributed by atoms with Crippen molar-refractivity contribution in [1.82, 2.24) is 5.32 Å². The van der Waals surface area contributed by atoms with Gasteiger partial charge in [0.15, 0.2) is 6.10 Å². The highest BCUT2D eigenvalue weighted by Gasteiger charge is 2.21. The molecule has 1 atom stereocenters. The van der Waals surface area contributed by atoms with Crippen LogP contribution >= 0.6 is 0 Å². The lowest BCUT2D eigenvalue weighted by atomic mass is 10.2. The van der Waals surface area contributed by atoms with E-state index >= 15 is 0 Å². The number of anilines is 1. The van der Waals surface area contributed by atoms with Gasteiger partial charge in [0.1, 0.15) is 5.58 Å². The number of furan rings is 1. The van der Waals surface area contributed by atoms with E-state index in [1.807, 2.05) is 6.92 Å². The van der Waals surface area contributed by atoms with Crippen molar-refractivity contribution in [3.05, 3.63) is 30.0 Å². The number of carbonyl (C=O) groups excluding carboxylic acids is 2. The molecular weight excluding hydrogens is 272 g/mol. The number of rotatable bonds is 5. The number of esters is 1. The fourth-order valence-corrected chi connectivity index (χ4v) is 1.83. The summed E-state index contributed by atoms with van der Waals surface area (Å²) in [5, 5.41) is 3.37. The van der Waals surface area contributed by atoms with E-state index < -0.39 is 12.1 Å². The second-order valence-corrected chi connectivity index (χ2v) is 4.75. The molecule has 6 heteroatoms. The van der Waals surface area contributed by atoms with Crippen LogP contribution in [-0.2, 0) is 9.53 Å². The van der Waals surface area contributed by atoms with Crippen LogP contribution in [0.3, 0.4) is 0 Å². The molecule has 112 valence electrons. The molecule has 2 rings (SSSR count). The highest BCUT2D eigenvalue weighted by atomic mass is 16.6. The number of fused-ring (bicyclic) bond motifs is 1. The number of nitrogen functional groups attached to an aromatic ring is 1. The van der Waals surface area contributed by atoms with Gasteiger partial charge in [-0.3, -0.25) is 4.79 Å². The number of nitrogens with two attached hydrogens (primary N) is 1. The van der Waals surface area contributed by atoms with Crippen LogP contribution in [0.5, 0.6) is 0 Å². The molecule has 0 aliphatic heterocycles. The Morgan fingerprint density at radius 2 is 2.14 bits per heavy atom. The molecule has 3 N–H and O–H groups in total. The third kappa shape index (κ3) is 3.53. The minimum Gasteiger partial charge on any atom is -0.449 e. The molecule has 1 heterocycles. The van der Waals surface area contributed by atoms with Crippen LogP contribution in [0.2, 0.25) is 0 Å². The largest absolute Gasteiger partial charge is 0.449 e. The number of carbonyl (C=O) groups is 2. The monoisotopic (exact) mass is 290 g/mol. The van der Waals surface area contributed by atoms with Crippen LogP contribution < -0.4 is 11.1 Å². The Morgan fingerprint density at radius 3 is 2.86 bits per heavy atom. The molecule has 2 aromatic rings. The van der Waals surface area contributed by atoms with Crippen LogP contribution in [0.25, 0.3) is 11.0 Å². The second-order valence-electron chi connectivity index (χ2n) is 4.75. The van der Waals surface area contributed by atoms with Gasteiger partial charge in [-0.2, -0.15) is 0 Å². The zero-order chi connectivity index (χ0) is 15.4. The zero-order valence-corrected chi connectivity index (χ0v) is 12.0. The van der Waals surface area contributed by atoms with Crippen molar-refractivity contribution in [2.24, 2.45) is 0 Å². The summed E-state index contributed by atoms with van der Waals surface area (Å²) in [5.74, 6) is -0.958. The molecule has 0 aliphatic carbocycles. The highest BCUT2D eigenvalue weighted by Crippen LogP contribution is 2.22. The Kier molecular flexibility index (Phi) is 4.47. The van der Waals surface area contributed by atoms with Crippen LogP contribution in [0.15, 0.2) is 28.7 Å². The highest BCUT2D eigenvalue weighted by molar-refractivity contribution is 5.94. The molecule has 0 radical (unpaired) electrons. The van der Waals surface area contributed by atoms with E-state index in [0.717, 1.165) is 6.42 Å². The van der Waals surface area contributed by atoms with E-state index in [-0.39, 0.29) is 11.7 Å². The summed E-state index contributed by atoms with van der Waals surface area (Å²) in [5.41, 5.74) is 6.79. The maximum Gasteiger partial charge on any atom is 0.375 e. The fourth-order valence-electron chi connectivity index (χ4n) is 1.83. The SMILES string of the molecule is CCCNC(=O)C(C)OC(=O)c1cc2cc(N)ccc2o1. The molecule has 1 amide bonds. The van der Waals surface area contributed by atoms with Gasteiger partial charge >= 0.3 is 5.97 Å². The summed E-state index contributed by atoms with van der Waals surface area (Å²) in [6.07, 6.45) is -0.0560. The van der Waals surface area contributed by atoms with E-state index in [2.05, 4.69) is 5.32 Å². The van der Waals surface area contributed by atoms with E-state index in [1.54, 1.807) is 24.3 Å². The molecule has 6 nitrogen and oxygen atoms in total. The number of amides is 1. The first-order valence-corrected chi connectivity index (χ1v) is 6.79. The lowest BCUT2D eigenvalue weighted by molar-refractivity contribution is -0.129. The van der Waals surface area contributed by atoms with Crippen molar-refractivity contribution in [3.63, 3.8) is 0 Å². The molecule has 1 aromatic heterocycles. The summed E-state index contributed by atoms with van der Waals surface area (Å²) >= 11 is 0. The van der Waals surface area contributed by atoms with E-state index in [4.69, 9.17) is 14.9 Å². The van der Waals surface area contributed by atoms with Crippen molar-refractivity contribution in [2.75, 3.05) is 12.3 Å². The maximum absolute atomic E-state index is 12.0. The van der Waals surface area contributed by atoms with Crippen LogP contribution in [0.1, 0.15) is 30.8 Å². The Balaban J connectivity index is 2.06. The standard InChI is InChI=1S/C15H18N2O4/c1-3-6-17-14(18)9(2)20-15(19)13-8-10-7-11(16)4-5-12(10)21-13/h4-5,7-9H,3,6,16H2,1-2H3,(H,17,18). The zero-order valence-electron chi connectivity index (χ0n) is 12.0. The summed E-state index contributed by atoms with van der Waals surface area (Å²) in [4.78, 5) is 23.6. The van der Waals surface area contributed by atoms with Crippen LogP contribution in [0, 0.1) is 0 Å². The fraction of sp³-hybridized carbons (Fsp3) is 0.333. The smallest absolute Gasteiger partial charge is 0.375 e. The molecule has 0 aliphatic rings. The minimum atomic E-state index is -0.873. The second kappa shape index (κ2) is 6.30. The number of ether oxygens (including phenoxy) is 1. The third-order valence-electron chi connectivity index (χ3n) is 2.94. The number of hydrogen-bond donors (Lipinski definition) is 2. The molecular formula is C15H18N2O4. The van der Waals surface area contributed by atoms with Crippen molar-refractivity contribution >= 4 is 28.5 Å². The molecule has 21 heavy (non-hydrogen) atoms. The first-order chi connectivity index (χ1) is 10.0. The molecule has 0 saturated carbocycles. The summed E-state index contributed by atoms with van der Waals surface area (Å²) < 4.78 is 10.5. The van der Waals surface area contributed by atoms with Crippen molar-refractivity contribution in [3.8, 4) is 0 Å². The quantitative estimate of drug-likeness (QED) is 0.649. The Morgan fingerprint density at radius 1 is 1.38 bits per heavy atom. The topological polar surface area (TPSA) is 94.6 Å². The first-order valence-electron chi connectivity index (χ1n) is 6.79. The van der Waals surface area contributed by atoms with Gasteiger partial charge in [-0.25, -0.2) is 4.79 Å². The van der Waals surface area contributed by atoms with Crippen LogP contribution in [-0.4, -0.2) is 24.5 Å². The normalized spacial score (nSPS) is 12.1. The van der Waals surface area contributed by atoms with Gasteiger partial charge in [-0.1, -0.05) is 6.92 Å². The average Bonchev–Trinajstić information content (AvgIpc) is 2.87. The molecule has 0 saturated heterocycles. The van der Waals surface area contributed by atoms with Crippen LogP contribution in [0.4, 0.5) is 5.69 Å². The first kappa shape index (κ1) is 14.9. The van der Waals surface area contributed by atoms with Gasteiger partial charge in [0.25, 0.3) is 5.91 Å². The molecule has 0 spiro atoms. The molecule has 1 unspecified atom stereocenters. The third-order valence-corrected chi connectivity index (χ3v) is 2.94. The van der Waals surface area contributed by atoms with Gasteiger partial charge in [-0.15, -0.1) is 0 Å². The minimum absolute atomic E-state index is 0.0470. The lowest BCUT2D eigenvalue weighted by Crippen LogP contribution is -2.36. The van der Waals surface area contributed by atoms with Gasteiger partial charge in [-0.05, 0) is 37.6 Å². The number of benzene rings is 1. The van der Waals surface area contributed by atoms with Crippen molar-refractivity contribution in [2.45, 2.75) is 26.4 Å². The van der Waals surface area contributed by atoms with E-state index in [0.29, 0.717) is 23.2 Å². The summed E-state index contributed by atoms with van der Waals surface area (Å²) in [7, 11) is 0. The van der Waals surface area contributed by atoms with Gasteiger partial charge < -0.3 is 20.2 Å². The summed E-state index contributed by atoms with van der Waals surface area (Å²) in [6.45, 7) is 4.01. The molecule has 1 aromatic carbocycles. The van der Waals surface area contributed by atoms with Gasteiger partial charge in [0.05, 0.1) is 0 Å². The van der Waals surface area contributed by atoms with Gasteiger partial charge in [0, 0.05) is 17.6 Å². The maximum atomic E-state index is 12.0. The number of nitrogens with one attached hydrogen (secondary N) is 1. The lowest BCUT2D eigenvalue weighted by Gasteiger charge is -2.11.